The van der Waals surface area contributed by atoms with E-state index >= 15 is 0 Å². The molecule has 1 atom stereocenters. The minimum absolute atomic E-state index is 0.0990. The van der Waals surface area contributed by atoms with Gasteiger partial charge in [0.2, 0.25) is 5.95 Å². The molecule has 32 heavy (non-hydrogen) atoms. The first kappa shape index (κ1) is 18.9. The summed E-state index contributed by atoms with van der Waals surface area (Å²) >= 11 is 0. The number of nitrogens with one attached hydrogen (secondary N) is 1. The number of carbonyl (C=O) groups excluding carboxylic acids is 1. The summed E-state index contributed by atoms with van der Waals surface area (Å²) in [6.07, 6.45) is 3.06. The van der Waals surface area contributed by atoms with Gasteiger partial charge in [0.25, 0.3) is 0 Å². The highest BCUT2D eigenvalue weighted by molar-refractivity contribution is 6.00. The van der Waals surface area contributed by atoms with Crippen molar-refractivity contribution >= 4 is 22.5 Å². The second kappa shape index (κ2) is 6.85. The van der Waals surface area contributed by atoms with Gasteiger partial charge in [0.15, 0.2) is 11.6 Å². The molecule has 2 aromatic carbocycles. The van der Waals surface area contributed by atoms with Gasteiger partial charge in [-0.15, -0.1) is 5.10 Å². The SMILES string of the molecule is CC1(C)CC(=O)C2=C(C1)Nc1nc(-c3cccc4ccccc34)nn1C2c1ccccn1. The zero-order chi connectivity index (χ0) is 21.9. The quantitative estimate of drug-likeness (QED) is 0.484. The predicted molar refractivity (Wildman–Crippen MR) is 124 cm³/mol. The summed E-state index contributed by atoms with van der Waals surface area (Å²) in [7, 11) is 0. The first-order valence-corrected chi connectivity index (χ1v) is 10.9. The van der Waals surface area contributed by atoms with Crippen LogP contribution in [0.2, 0.25) is 0 Å². The smallest absolute Gasteiger partial charge is 0.226 e. The van der Waals surface area contributed by atoms with E-state index in [2.05, 4.69) is 42.3 Å². The molecule has 1 unspecified atom stereocenters. The van der Waals surface area contributed by atoms with Crippen LogP contribution in [0, 0.1) is 5.41 Å². The largest absolute Gasteiger partial charge is 0.328 e. The molecular weight excluding hydrogens is 398 g/mol. The van der Waals surface area contributed by atoms with E-state index in [1.165, 1.54) is 0 Å². The zero-order valence-electron chi connectivity index (χ0n) is 18.0. The predicted octanol–water partition coefficient (Wildman–Crippen LogP) is 5.15. The zero-order valence-corrected chi connectivity index (χ0v) is 18.0. The molecule has 6 rings (SSSR count). The second-order valence-electron chi connectivity index (χ2n) is 9.35. The molecule has 158 valence electrons. The van der Waals surface area contributed by atoms with E-state index in [-0.39, 0.29) is 17.2 Å². The molecule has 0 fully saturated rings. The average Bonchev–Trinajstić information content (AvgIpc) is 3.20. The van der Waals surface area contributed by atoms with E-state index in [9.17, 15) is 4.79 Å². The van der Waals surface area contributed by atoms with Crippen molar-refractivity contribution in [1.29, 1.82) is 0 Å². The Hall–Kier alpha value is -3.80. The first-order valence-electron chi connectivity index (χ1n) is 10.9. The van der Waals surface area contributed by atoms with Crippen LogP contribution in [0.15, 0.2) is 78.1 Å². The van der Waals surface area contributed by atoms with Crippen molar-refractivity contribution in [3.8, 4) is 11.4 Å². The third-order valence-corrected chi connectivity index (χ3v) is 6.33. The van der Waals surface area contributed by atoms with Crippen LogP contribution in [0.1, 0.15) is 38.4 Å². The lowest BCUT2D eigenvalue weighted by atomic mass is 9.73. The molecule has 2 aliphatic rings. The summed E-state index contributed by atoms with van der Waals surface area (Å²) in [5.41, 5.74) is 3.36. The fourth-order valence-electron chi connectivity index (χ4n) is 4.95. The van der Waals surface area contributed by atoms with Crippen molar-refractivity contribution in [3.05, 3.63) is 83.8 Å². The number of rotatable bonds is 2. The van der Waals surface area contributed by atoms with Crippen LogP contribution in [0.3, 0.4) is 0 Å². The molecule has 6 heteroatoms. The van der Waals surface area contributed by atoms with Crippen LogP contribution in [-0.4, -0.2) is 25.5 Å². The molecule has 3 heterocycles. The van der Waals surface area contributed by atoms with Crippen molar-refractivity contribution < 1.29 is 4.79 Å². The third-order valence-electron chi connectivity index (χ3n) is 6.33. The number of nitrogens with zero attached hydrogens (tertiary/aromatic N) is 4. The standard InChI is InChI=1S/C26H23N5O/c1-26(2)14-20-22(21(32)15-26)23(19-12-5-6-13-27-19)31-25(28-20)29-24(30-31)18-11-7-9-16-8-3-4-10-17(16)18/h3-13,23H,14-15H2,1-2H3,(H,28,29,30). The number of pyridine rings is 1. The monoisotopic (exact) mass is 421 g/mol. The maximum Gasteiger partial charge on any atom is 0.226 e. The first-order chi connectivity index (χ1) is 15.5. The highest BCUT2D eigenvalue weighted by Crippen LogP contribution is 2.45. The van der Waals surface area contributed by atoms with Gasteiger partial charge in [0.1, 0.15) is 6.04 Å². The normalized spacial score (nSPS) is 19.4. The fourth-order valence-corrected chi connectivity index (χ4v) is 4.95. The van der Waals surface area contributed by atoms with Crippen molar-refractivity contribution in [2.75, 3.05) is 5.32 Å². The van der Waals surface area contributed by atoms with Gasteiger partial charge < -0.3 is 5.32 Å². The maximum atomic E-state index is 13.3. The highest BCUT2D eigenvalue weighted by Gasteiger charge is 2.42. The molecule has 4 aromatic rings. The Labute approximate surface area is 186 Å². The third kappa shape index (κ3) is 2.94. The lowest BCUT2D eigenvalue weighted by Gasteiger charge is -2.37. The van der Waals surface area contributed by atoms with Crippen LogP contribution in [-0.2, 0) is 4.79 Å². The van der Waals surface area contributed by atoms with Gasteiger partial charge in [0.05, 0.1) is 5.69 Å². The lowest BCUT2D eigenvalue weighted by Crippen LogP contribution is -2.36. The summed E-state index contributed by atoms with van der Waals surface area (Å²) in [4.78, 5) is 22.8. The lowest BCUT2D eigenvalue weighted by molar-refractivity contribution is -0.118. The van der Waals surface area contributed by atoms with Gasteiger partial charge >= 0.3 is 0 Å². The molecule has 1 aliphatic carbocycles. The molecule has 0 amide bonds. The Bertz CT molecular complexity index is 1400. The summed E-state index contributed by atoms with van der Waals surface area (Å²) in [5.74, 6) is 1.43. The number of ketones is 1. The molecule has 0 spiro atoms. The molecule has 0 saturated carbocycles. The summed E-state index contributed by atoms with van der Waals surface area (Å²) in [6, 6.07) is 19.8. The number of anilines is 1. The summed E-state index contributed by atoms with van der Waals surface area (Å²) in [6.45, 7) is 4.26. The van der Waals surface area contributed by atoms with Crippen molar-refractivity contribution in [2.45, 2.75) is 32.7 Å². The number of fused-ring (bicyclic) bond motifs is 2. The Morgan fingerprint density at radius 2 is 1.81 bits per heavy atom. The Morgan fingerprint density at radius 1 is 1.00 bits per heavy atom. The molecule has 1 N–H and O–H groups in total. The van der Waals surface area contributed by atoms with E-state index in [1.807, 2.05) is 47.1 Å². The van der Waals surface area contributed by atoms with Crippen LogP contribution in [0.4, 0.5) is 5.95 Å². The fraction of sp³-hybridized carbons (Fsp3) is 0.231. The molecule has 0 radical (unpaired) electrons. The minimum atomic E-state index is -0.387. The number of allylic oxidation sites excluding steroid dienone is 2. The van der Waals surface area contributed by atoms with Gasteiger partial charge in [-0.05, 0) is 34.7 Å². The number of aromatic nitrogens is 4. The number of benzene rings is 2. The Balaban J connectivity index is 1.55. The van der Waals surface area contributed by atoms with Crippen LogP contribution < -0.4 is 5.32 Å². The topological polar surface area (TPSA) is 72.7 Å². The molecule has 6 nitrogen and oxygen atoms in total. The van der Waals surface area contributed by atoms with Crippen LogP contribution in [0.25, 0.3) is 22.2 Å². The van der Waals surface area contributed by atoms with Gasteiger partial charge in [-0.25, -0.2) is 4.68 Å². The van der Waals surface area contributed by atoms with Crippen LogP contribution >= 0.6 is 0 Å². The van der Waals surface area contributed by atoms with E-state index in [1.54, 1.807) is 6.20 Å². The summed E-state index contributed by atoms with van der Waals surface area (Å²) in [5, 5.41) is 10.6. The Kier molecular flexibility index (Phi) is 4.05. The van der Waals surface area contributed by atoms with Gasteiger partial charge in [-0.2, -0.15) is 4.98 Å². The number of hydrogen-bond donors (Lipinski definition) is 1. The molecular formula is C26H23N5O. The van der Waals surface area contributed by atoms with E-state index in [4.69, 9.17) is 10.1 Å². The second-order valence-corrected chi connectivity index (χ2v) is 9.35. The average molecular weight is 422 g/mol. The number of hydrogen-bond acceptors (Lipinski definition) is 5. The minimum Gasteiger partial charge on any atom is -0.328 e. The van der Waals surface area contributed by atoms with Crippen LogP contribution in [0.5, 0.6) is 0 Å². The highest BCUT2D eigenvalue weighted by atomic mass is 16.1. The maximum absolute atomic E-state index is 13.3. The molecule has 2 aromatic heterocycles. The number of carbonyl (C=O) groups is 1. The number of Topliss-reactive ketones (excluding diaryl/α,β-unsaturated/α-hetero) is 1. The summed E-state index contributed by atoms with van der Waals surface area (Å²) < 4.78 is 1.83. The Morgan fingerprint density at radius 3 is 2.66 bits per heavy atom. The van der Waals surface area contributed by atoms with Gasteiger partial charge in [0, 0.05) is 29.5 Å². The van der Waals surface area contributed by atoms with E-state index in [0.29, 0.717) is 18.2 Å². The van der Waals surface area contributed by atoms with Crippen molar-refractivity contribution in [3.63, 3.8) is 0 Å². The molecule has 0 bridgehead atoms. The van der Waals surface area contributed by atoms with E-state index in [0.717, 1.165) is 39.7 Å². The van der Waals surface area contributed by atoms with Crippen molar-refractivity contribution in [1.82, 2.24) is 19.7 Å². The van der Waals surface area contributed by atoms with E-state index < -0.39 is 0 Å². The van der Waals surface area contributed by atoms with Crippen molar-refractivity contribution in [2.24, 2.45) is 5.41 Å². The van der Waals surface area contributed by atoms with Gasteiger partial charge in [-0.3, -0.25) is 9.78 Å². The molecule has 0 saturated heterocycles. The van der Waals surface area contributed by atoms with Gasteiger partial charge in [-0.1, -0.05) is 62.4 Å². The molecule has 1 aliphatic heterocycles.